The van der Waals surface area contributed by atoms with E-state index in [0.29, 0.717) is 25.2 Å². The molecule has 0 spiro atoms. The van der Waals surface area contributed by atoms with Gasteiger partial charge in [0.1, 0.15) is 0 Å². The van der Waals surface area contributed by atoms with Gasteiger partial charge in [-0.15, -0.1) is 0 Å². The minimum atomic E-state index is 0.0232. The molecule has 2 N–H and O–H groups in total. The fourth-order valence-electron chi connectivity index (χ4n) is 2.30. The van der Waals surface area contributed by atoms with Crippen LogP contribution in [0.5, 0.6) is 0 Å². The second-order valence-electron chi connectivity index (χ2n) is 4.72. The first-order valence-corrected chi connectivity index (χ1v) is 6.80. The summed E-state index contributed by atoms with van der Waals surface area (Å²) >= 11 is 0. The maximum atomic E-state index is 12.4. The van der Waals surface area contributed by atoms with Crippen molar-refractivity contribution in [3.63, 3.8) is 0 Å². The maximum Gasteiger partial charge on any atom is 0.254 e. The van der Waals surface area contributed by atoms with Gasteiger partial charge in [-0.05, 0) is 31.9 Å². The molecule has 1 saturated heterocycles. The van der Waals surface area contributed by atoms with Gasteiger partial charge in [0.15, 0.2) is 0 Å². The van der Waals surface area contributed by atoms with Crippen LogP contribution in [0.3, 0.4) is 0 Å². The molecule has 104 valence electrons. The number of ether oxygens (including phenoxy) is 1. The van der Waals surface area contributed by atoms with E-state index < -0.39 is 0 Å². The second kappa shape index (κ2) is 6.63. The van der Waals surface area contributed by atoms with Crippen LogP contribution in [0.1, 0.15) is 35.8 Å². The number of hydrogen-bond donors (Lipinski definition) is 1. The van der Waals surface area contributed by atoms with E-state index >= 15 is 0 Å². The Morgan fingerprint density at radius 3 is 3.11 bits per heavy atom. The molecule has 0 aromatic carbocycles. The summed E-state index contributed by atoms with van der Waals surface area (Å²) in [6, 6.07) is 3.50. The summed E-state index contributed by atoms with van der Waals surface area (Å²) in [7, 11) is 0. The number of pyridine rings is 1. The third-order valence-corrected chi connectivity index (χ3v) is 3.39. The first kappa shape index (κ1) is 14.0. The summed E-state index contributed by atoms with van der Waals surface area (Å²) in [5, 5.41) is 0. The fraction of sp³-hybridized carbons (Fsp3) is 0.571. The van der Waals surface area contributed by atoms with Crippen LogP contribution in [0.2, 0.25) is 0 Å². The number of nitrogens with zero attached hydrogens (tertiary/aromatic N) is 2. The zero-order chi connectivity index (χ0) is 13.7. The van der Waals surface area contributed by atoms with E-state index in [4.69, 9.17) is 10.5 Å². The van der Waals surface area contributed by atoms with Gasteiger partial charge in [-0.1, -0.05) is 0 Å². The predicted molar refractivity (Wildman–Crippen MR) is 72.7 cm³/mol. The predicted octanol–water partition coefficient (Wildman–Crippen LogP) is 1.18. The highest BCUT2D eigenvalue weighted by atomic mass is 16.5. The molecule has 19 heavy (non-hydrogen) atoms. The van der Waals surface area contributed by atoms with Crippen LogP contribution in [0.25, 0.3) is 0 Å². The zero-order valence-electron chi connectivity index (χ0n) is 11.3. The van der Waals surface area contributed by atoms with Crippen molar-refractivity contribution in [2.45, 2.75) is 32.4 Å². The van der Waals surface area contributed by atoms with Crippen LogP contribution < -0.4 is 5.73 Å². The second-order valence-corrected chi connectivity index (χ2v) is 4.72. The molecule has 2 heterocycles. The van der Waals surface area contributed by atoms with Crippen LogP contribution in [-0.4, -0.2) is 41.6 Å². The molecule has 1 aromatic rings. The van der Waals surface area contributed by atoms with Crippen LogP contribution in [0, 0.1) is 0 Å². The number of rotatable bonds is 5. The molecule has 0 radical (unpaired) electrons. The van der Waals surface area contributed by atoms with Gasteiger partial charge in [0, 0.05) is 38.0 Å². The Bertz CT molecular complexity index is 430. The lowest BCUT2D eigenvalue weighted by Gasteiger charge is -2.24. The Labute approximate surface area is 113 Å². The van der Waals surface area contributed by atoms with Crippen molar-refractivity contribution >= 4 is 5.91 Å². The Morgan fingerprint density at radius 2 is 2.47 bits per heavy atom. The molecule has 5 heteroatoms. The topological polar surface area (TPSA) is 68.5 Å². The van der Waals surface area contributed by atoms with E-state index in [1.54, 1.807) is 18.3 Å². The molecule has 1 atom stereocenters. The van der Waals surface area contributed by atoms with Crippen molar-refractivity contribution in [1.29, 1.82) is 0 Å². The maximum absolute atomic E-state index is 12.4. The average molecular weight is 263 g/mol. The molecule has 5 nitrogen and oxygen atoms in total. The number of carbonyl (C=O) groups excluding carboxylic acids is 1. The Hall–Kier alpha value is -1.46. The standard InChI is InChI=1S/C14H21N3O2/c1-2-17(10-13-4-3-7-19-13)14(18)11-5-6-16-12(8-11)9-15/h5-6,8,13H,2-4,7,9-10,15H2,1H3. The largest absolute Gasteiger partial charge is 0.376 e. The lowest BCUT2D eigenvalue weighted by molar-refractivity contribution is 0.0539. The summed E-state index contributed by atoms with van der Waals surface area (Å²) in [5.74, 6) is 0.0232. The van der Waals surface area contributed by atoms with Crippen LogP contribution in [0.15, 0.2) is 18.3 Å². The molecule has 1 aromatic heterocycles. The van der Waals surface area contributed by atoms with E-state index in [1.165, 1.54) is 0 Å². The van der Waals surface area contributed by atoms with Crippen molar-refractivity contribution in [2.24, 2.45) is 5.73 Å². The summed E-state index contributed by atoms with van der Waals surface area (Å²) in [6.07, 6.45) is 3.94. The minimum absolute atomic E-state index is 0.0232. The van der Waals surface area contributed by atoms with Crippen molar-refractivity contribution in [3.05, 3.63) is 29.6 Å². The van der Waals surface area contributed by atoms with Crippen LogP contribution in [-0.2, 0) is 11.3 Å². The normalized spacial score (nSPS) is 18.5. The van der Waals surface area contributed by atoms with E-state index in [9.17, 15) is 4.79 Å². The first-order chi connectivity index (χ1) is 9.24. The van der Waals surface area contributed by atoms with Crippen molar-refractivity contribution in [2.75, 3.05) is 19.7 Å². The van der Waals surface area contributed by atoms with E-state index in [-0.39, 0.29) is 12.0 Å². The lowest BCUT2D eigenvalue weighted by atomic mass is 10.1. The van der Waals surface area contributed by atoms with Gasteiger partial charge in [0.2, 0.25) is 0 Å². The van der Waals surface area contributed by atoms with Gasteiger partial charge in [-0.2, -0.15) is 0 Å². The zero-order valence-corrected chi connectivity index (χ0v) is 11.3. The van der Waals surface area contributed by atoms with Gasteiger partial charge < -0.3 is 15.4 Å². The smallest absolute Gasteiger partial charge is 0.254 e. The highest BCUT2D eigenvalue weighted by Crippen LogP contribution is 2.15. The number of hydrogen-bond acceptors (Lipinski definition) is 4. The average Bonchev–Trinajstić information content (AvgIpc) is 2.97. The number of carbonyl (C=O) groups is 1. The molecule has 0 saturated carbocycles. The lowest BCUT2D eigenvalue weighted by Crippen LogP contribution is -2.37. The van der Waals surface area contributed by atoms with Gasteiger partial charge in [0.25, 0.3) is 5.91 Å². The number of amides is 1. The van der Waals surface area contributed by atoms with Crippen molar-refractivity contribution in [3.8, 4) is 0 Å². The molecule has 2 rings (SSSR count). The van der Waals surface area contributed by atoms with E-state index in [1.807, 2.05) is 11.8 Å². The highest BCUT2D eigenvalue weighted by molar-refractivity contribution is 5.94. The van der Waals surface area contributed by atoms with Crippen LogP contribution >= 0.6 is 0 Å². The van der Waals surface area contributed by atoms with Crippen molar-refractivity contribution in [1.82, 2.24) is 9.88 Å². The third kappa shape index (κ3) is 3.52. The Kier molecular flexibility index (Phi) is 4.87. The quantitative estimate of drug-likeness (QED) is 0.866. The van der Waals surface area contributed by atoms with Gasteiger partial charge in [-0.3, -0.25) is 9.78 Å². The van der Waals surface area contributed by atoms with Gasteiger partial charge in [0.05, 0.1) is 11.8 Å². The van der Waals surface area contributed by atoms with Gasteiger partial charge in [-0.25, -0.2) is 0 Å². The number of aromatic nitrogens is 1. The van der Waals surface area contributed by atoms with Crippen molar-refractivity contribution < 1.29 is 9.53 Å². The fourth-order valence-corrected chi connectivity index (χ4v) is 2.30. The monoisotopic (exact) mass is 263 g/mol. The Morgan fingerprint density at radius 1 is 1.63 bits per heavy atom. The minimum Gasteiger partial charge on any atom is -0.376 e. The van der Waals surface area contributed by atoms with E-state index in [0.717, 1.165) is 25.1 Å². The highest BCUT2D eigenvalue weighted by Gasteiger charge is 2.22. The molecule has 1 unspecified atom stereocenters. The molecule has 1 amide bonds. The molecular formula is C14H21N3O2. The summed E-state index contributed by atoms with van der Waals surface area (Å²) < 4.78 is 5.59. The summed E-state index contributed by atoms with van der Waals surface area (Å²) in [5.41, 5.74) is 6.94. The molecule has 0 aliphatic carbocycles. The van der Waals surface area contributed by atoms with Gasteiger partial charge >= 0.3 is 0 Å². The molecule has 1 fully saturated rings. The molecule has 0 bridgehead atoms. The number of likely N-dealkylation sites (N-methyl/N-ethyl adjacent to an activating group) is 1. The SMILES string of the molecule is CCN(CC1CCCO1)C(=O)c1ccnc(CN)c1. The Balaban J connectivity index is 2.06. The van der Waals surface area contributed by atoms with E-state index in [2.05, 4.69) is 4.98 Å². The molecule has 1 aliphatic rings. The summed E-state index contributed by atoms with van der Waals surface area (Å²) in [6.45, 7) is 4.48. The summed E-state index contributed by atoms with van der Waals surface area (Å²) in [4.78, 5) is 18.4. The number of nitrogens with two attached hydrogens (primary N) is 1. The molecular weight excluding hydrogens is 242 g/mol. The molecule has 1 aliphatic heterocycles. The third-order valence-electron chi connectivity index (χ3n) is 3.39. The first-order valence-electron chi connectivity index (χ1n) is 6.80. The van der Waals surface area contributed by atoms with Crippen LogP contribution in [0.4, 0.5) is 0 Å².